The molecule has 0 radical (unpaired) electrons. The van der Waals surface area contributed by atoms with Crippen molar-refractivity contribution in [2.75, 3.05) is 40.3 Å². The van der Waals surface area contributed by atoms with E-state index in [1.165, 1.54) is 29.2 Å². The van der Waals surface area contributed by atoms with E-state index in [0.29, 0.717) is 18.4 Å². The maximum atomic E-state index is 12.6. The fourth-order valence-electron chi connectivity index (χ4n) is 3.38. The summed E-state index contributed by atoms with van der Waals surface area (Å²) in [5.41, 5.74) is 0.309. The Hall–Kier alpha value is -2.50. The molecule has 11 heteroatoms. The monoisotopic (exact) mass is 438 g/mol. The Labute approximate surface area is 175 Å². The lowest BCUT2D eigenvalue weighted by Gasteiger charge is -2.25. The number of piperazine rings is 1. The second-order valence-electron chi connectivity index (χ2n) is 7.48. The molecule has 164 valence electrons. The van der Waals surface area contributed by atoms with Crippen molar-refractivity contribution in [2.24, 2.45) is 0 Å². The molecule has 2 atom stereocenters. The van der Waals surface area contributed by atoms with Crippen LogP contribution in [0.25, 0.3) is 0 Å². The van der Waals surface area contributed by atoms with Crippen molar-refractivity contribution in [3.8, 4) is 0 Å². The Morgan fingerprint density at radius 2 is 1.93 bits per heavy atom. The van der Waals surface area contributed by atoms with E-state index in [4.69, 9.17) is 4.74 Å². The van der Waals surface area contributed by atoms with Gasteiger partial charge < -0.3 is 20.3 Å². The zero-order chi connectivity index (χ0) is 21.9. The van der Waals surface area contributed by atoms with E-state index in [1.807, 2.05) is 0 Å². The summed E-state index contributed by atoms with van der Waals surface area (Å²) >= 11 is 0. The summed E-state index contributed by atoms with van der Waals surface area (Å²) in [4.78, 5) is 37.3. The molecular formula is C19H26N4O6S. The van der Waals surface area contributed by atoms with Crippen LogP contribution < -0.4 is 10.6 Å². The summed E-state index contributed by atoms with van der Waals surface area (Å²) < 4.78 is 32.1. The van der Waals surface area contributed by atoms with Gasteiger partial charge in [0.25, 0.3) is 11.8 Å². The standard InChI is InChI=1S/C19H26N4O6S/c1-22(2)19(26)16-8-5-14(29-16)11-21-18(25)13-3-6-15(7-4-13)30(27,28)23-10-9-20-17(24)12-23/h3-4,6-7,14,16H,5,8-12H2,1-2H3,(H,20,24)(H,21,25)/t14-,16-/m1/s1. The van der Waals surface area contributed by atoms with Gasteiger partial charge in [-0.1, -0.05) is 0 Å². The van der Waals surface area contributed by atoms with Crippen LogP contribution in [0.5, 0.6) is 0 Å². The highest BCUT2D eigenvalue weighted by atomic mass is 32.2. The minimum atomic E-state index is -3.80. The largest absolute Gasteiger partial charge is 0.363 e. The fraction of sp³-hybridized carbons (Fsp3) is 0.526. The highest BCUT2D eigenvalue weighted by molar-refractivity contribution is 7.89. The molecule has 1 aromatic rings. The van der Waals surface area contributed by atoms with E-state index in [2.05, 4.69) is 10.6 Å². The summed E-state index contributed by atoms with van der Waals surface area (Å²) in [6.07, 6.45) is 0.556. The van der Waals surface area contributed by atoms with E-state index in [-0.39, 0.29) is 54.9 Å². The third-order valence-corrected chi connectivity index (χ3v) is 6.93. The number of carbonyl (C=O) groups excluding carboxylic acids is 3. The average molecular weight is 439 g/mol. The first-order valence-electron chi connectivity index (χ1n) is 9.70. The molecule has 0 bridgehead atoms. The van der Waals surface area contributed by atoms with E-state index in [9.17, 15) is 22.8 Å². The Kier molecular flexibility index (Phi) is 6.74. The third kappa shape index (κ3) is 4.97. The van der Waals surface area contributed by atoms with Gasteiger partial charge in [-0.05, 0) is 37.1 Å². The molecule has 2 N–H and O–H groups in total. The van der Waals surface area contributed by atoms with Gasteiger partial charge in [0.2, 0.25) is 15.9 Å². The molecule has 10 nitrogen and oxygen atoms in total. The minimum Gasteiger partial charge on any atom is -0.363 e. The number of likely N-dealkylation sites (N-methyl/N-ethyl adjacent to an activating group) is 1. The number of rotatable bonds is 6. The van der Waals surface area contributed by atoms with Crippen molar-refractivity contribution in [2.45, 2.75) is 29.9 Å². The Balaban J connectivity index is 1.55. The van der Waals surface area contributed by atoms with Crippen LogP contribution in [0.2, 0.25) is 0 Å². The van der Waals surface area contributed by atoms with Crippen molar-refractivity contribution in [1.82, 2.24) is 19.8 Å². The lowest BCUT2D eigenvalue weighted by atomic mass is 10.1. The summed E-state index contributed by atoms with van der Waals surface area (Å²) in [5.74, 6) is -0.793. The second-order valence-corrected chi connectivity index (χ2v) is 9.42. The molecule has 0 saturated carbocycles. The van der Waals surface area contributed by atoms with Crippen molar-refractivity contribution >= 4 is 27.7 Å². The highest BCUT2D eigenvalue weighted by Crippen LogP contribution is 2.21. The SMILES string of the molecule is CN(C)C(=O)[C@H]1CC[C@H](CNC(=O)c2ccc(S(=O)(=O)N3CCNC(=O)C3)cc2)O1. The molecule has 2 aliphatic heterocycles. The molecule has 3 rings (SSSR count). The molecule has 2 fully saturated rings. The van der Waals surface area contributed by atoms with Gasteiger partial charge in [0.05, 0.1) is 17.5 Å². The van der Waals surface area contributed by atoms with Crippen LogP contribution >= 0.6 is 0 Å². The highest BCUT2D eigenvalue weighted by Gasteiger charge is 2.32. The zero-order valence-corrected chi connectivity index (χ0v) is 17.8. The molecule has 0 spiro atoms. The molecule has 30 heavy (non-hydrogen) atoms. The maximum absolute atomic E-state index is 12.6. The molecule has 0 aliphatic carbocycles. The molecule has 2 saturated heterocycles. The van der Waals surface area contributed by atoms with Crippen LogP contribution in [-0.2, 0) is 24.3 Å². The first kappa shape index (κ1) is 22.2. The quantitative estimate of drug-likeness (QED) is 0.597. The number of benzene rings is 1. The van der Waals surface area contributed by atoms with E-state index in [1.54, 1.807) is 14.1 Å². The number of carbonyl (C=O) groups is 3. The van der Waals surface area contributed by atoms with Gasteiger partial charge in [-0.15, -0.1) is 0 Å². The summed E-state index contributed by atoms with van der Waals surface area (Å²) in [6.45, 7) is 0.514. The lowest BCUT2D eigenvalue weighted by molar-refractivity contribution is -0.140. The summed E-state index contributed by atoms with van der Waals surface area (Å²) in [7, 11) is -0.457. The van der Waals surface area contributed by atoms with Crippen molar-refractivity contribution in [3.05, 3.63) is 29.8 Å². The van der Waals surface area contributed by atoms with Crippen LogP contribution in [0.1, 0.15) is 23.2 Å². The van der Waals surface area contributed by atoms with E-state index < -0.39 is 16.1 Å². The smallest absolute Gasteiger partial charge is 0.251 e. The maximum Gasteiger partial charge on any atom is 0.251 e. The Bertz CT molecular complexity index is 915. The van der Waals surface area contributed by atoms with E-state index >= 15 is 0 Å². The van der Waals surface area contributed by atoms with Gasteiger partial charge in [-0.3, -0.25) is 14.4 Å². The van der Waals surface area contributed by atoms with Crippen LogP contribution in [-0.4, -0.2) is 87.8 Å². The van der Waals surface area contributed by atoms with Crippen LogP contribution in [0, 0.1) is 0 Å². The van der Waals surface area contributed by atoms with Gasteiger partial charge in [-0.2, -0.15) is 4.31 Å². The zero-order valence-electron chi connectivity index (χ0n) is 17.0. The number of nitrogens with zero attached hydrogens (tertiary/aromatic N) is 2. The summed E-state index contributed by atoms with van der Waals surface area (Å²) in [5, 5.41) is 5.34. The molecule has 2 aliphatic rings. The van der Waals surface area contributed by atoms with Crippen molar-refractivity contribution < 1.29 is 27.5 Å². The van der Waals surface area contributed by atoms with Crippen LogP contribution in [0.15, 0.2) is 29.2 Å². The summed E-state index contributed by atoms with van der Waals surface area (Å²) in [6, 6.07) is 5.57. The van der Waals surface area contributed by atoms with Gasteiger partial charge in [0.1, 0.15) is 6.10 Å². The second kappa shape index (κ2) is 9.11. The van der Waals surface area contributed by atoms with Gasteiger partial charge >= 0.3 is 0 Å². The molecule has 0 aromatic heterocycles. The molecule has 2 heterocycles. The number of sulfonamides is 1. The molecule has 1 aromatic carbocycles. The number of hydrogen-bond donors (Lipinski definition) is 2. The number of hydrogen-bond acceptors (Lipinski definition) is 6. The fourth-order valence-corrected chi connectivity index (χ4v) is 4.78. The number of amides is 3. The first-order chi connectivity index (χ1) is 14.2. The molecule has 3 amide bonds. The Morgan fingerprint density at radius 3 is 2.57 bits per heavy atom. The van der Waals surface area contributed by atoms with Crippen LogP contribution in [0.3, 0.4) is 0 Å². The van der Waals surface area contributed by atoms with Gasteiger partial charge in [0.15, 0.2) is 0 Å². The van der Waals surface area contributed by atoms with Crippen molar-refractivity contribution in [3.63, 3.8) is 0 Å². The normalized spacial score (nSPS) is 22.4. The Morgan fingerprint density at radius 1 is 1.23 bits per heavy atom. The predicted molar refractivity (Wildman–Crippen MR) is 107 cm³/mol. The van der Waals surface area contributed by atoms with Crippen LogP contribution in [0.4, 0.5) is 0 Å². The van der Waals surface area contributed by atoms with E-state index in [0.717, 1.165) is 4.31 Å². The van der Waals surface area contributed by atoms with Gasteiger partial charge in [-0.25, -0.2) is 8.42 Å². The number of nitrogens with one attached hydrogen (secondary N) is 2. The minimum absolute atomic E-state index is 0.0258. The average Bonchev–Trinajstić information content (AvgIpc) is 3.20. The topological polar surface area (TPSA) is 125 Å². The van der Waals surface area contributed by atoms with Crippen molar-refractivity contribution in [1.29, 1.82) is 0 Å². The molecular weight excluding hydrogens is 412 g/mol. The molecule has 0 unspecified atom stereocenters. The van der Waals surface area contributed by atoms with Gasteiger partial charge in [0, 0.05) is 39.3 Å². The predicted octanol–water partition coefficient (Wildman–Crippen LogP) is -0.827. The first-order valence-corrected chi connectivity index (χ1v) is 11.1. The third-order valence-electron chi connectivity index (χ3n) is 5.07. The lowest BCUT2D eigenvalue weighted by Crippen LogP contribution is -2.49. The number of ether oxygens (including phenoxy) is 1.